The molecule has 1 aliphatic rings. The highest BCUT2D eigenvalue weighted by Crippen LogP contribution is 2.23. The first kappa shape index (κ1) is 14.5. The fourth-order valence-corrected chi connectivity index (χ4v) is 3.04. The Balaban J connectivity index is 2.03. The van der Waals surface area contributed by atoms with E-state index in [2.05, 4.69) is 11.9 Å². The van der Waals surface area contributed by atoms with Gasteiger partial charge in [0.05, 0.1) is 0 Å². The van der Waals surface area contributed by atoms with Crippen molar-refractivity contribution in [1.29, 1.82) is 0 Å². The van der Waals surface area contributed by atoms with Crippen LogP contribution in [0.4, 0.5) is 4.39 Å². The van der Waals surface area contributed by atoms with E-state index in [4.69, 9.17) is 5.73 Å². The fraction of sp³-hybridized carbons (Fsp3) is 0.625. The fourth-order valence-electron chi connectivity index (χ4n) is 3.04. The first-order valence-corrected chi connectivity index (χ1v) is 7.38. The summed E-state index contributed by atoms with van der Waals surface area (Å²) in [6, 6.07) is 5.65. The molecule has 0 saturated heterocycles. The van der Waals surface area contributed by atoms with Gasteiger partial charge < -0.3 is 5.73 Å². The minimum Gasteiger partial charge on any atom is -0.326 e. The van der Waals surface area contributed by atoms with E-state index in [0.717, 1.165) is 17.7 Å². The van der Waals surface area contributed by atoms with E-state index < -0.39 is 0 Å². The van der Waals surface area contributed by atoms with Crippen molar-refractivity contribution in [1.82, 2.24) is 4.90 Å². The largest absolute Gasteiger partial charge is 0.326 e. The molecule has 0 amide bonds. The molecule has 0 radical (unpaired) electrons. The van der Waals surface area contributed by atoms with Gasteiger partial charge in [0, 0.05) is 19.1 Å². The lowest BCUT2D eigenvalue weighted by Gasteiger charge is -2.27. The lowest BCUT2D eigenvalue weighted by atomic mass is 10.0. The maximum absolute atomic E-state index is 13.2. The van der Waals surface area contributed by atoms with Crippen molar-refractivity contribution in [3.8, 4) is 0 Å². The zero-order valence-electron chi connectivity index (χ0n) is 11.9. The molecule has 106 valence electrons. The number of nitrogens with zero attached hydrogens (tertiary/aromatic N) is 1. The lowest BCUT2D eigenvalue weighted by molar-refractivity contribution is 0.212. The third-order valence-electron chi connectivity index (χ3n) is 4.26. The topological polar surface area (TPSA) is 29.3 Å². The first-order chi connectivity index (χ1) is 9.20. The Morgan fingerprint density at radius 2 is 1.84 bits per heavy atom. The van der Waals surface area contributed by atoms with Gasteiger partial charge in [-0.25, -0.2) is 4.39 Å². The molecule has 0 unspecified atom stereocenters. The van der Waals surface area contributed by atoms with Gasteiger partial charge in [0.1, 0.15) is 5.82 Å². The second kappa shape index (κ2) is 7.01. The van der Waals surface area contributed by atoms with Crippen molar-refractivity contribution in [2.45, 2.75) is 57.7 Å². The van der Waals surface area contributed by atoms with Gasteiger partial charge in [-0.1, -0.05) is 31.7 Å². The van der Waals surface area contributed by atoms with Crippen LogP contribution in [-0.2, 0) is 13.1 Å². The van der Waals surface area contributed by atoms with Gasteiger partial charge in [0.15, 0.2) is 0 Å². The minimum atomic E-state index is -0.193. The van der Waals surface area contributed by atoms with E-state index in [9.17, 15) is 4.39 Å². The number of hydrogen-bond donors (Lipinski definition) is 1. The molecule has 0 aliphatic heterocycles. The zero-order valence-corrected chi connectivity index (χ0v) is 11.9. The molecule has 2 N–H and O–H groups in total. The van der Waals surface area contributed by atoms with Gasteiger partial charge in [0.2, 0.25) is 0 Å². The molecule has 2 nitrogen and oxygen atoms in total. The molecule has 1 aromatic rings. The van der Waals surface area contributed by atoms with Crippen molar-refractivity contribution in [2.75, 3.05) is 7.05 Å². The Kier molecular flexibility index (Phi) is 5.34. The van der Waals surface area contributed by atoms with Crippen LogP contribution >= 0.6 is 0 Å². The molecule has 0 bridgehead atoms. The maximum atomic E-state index is 13.2. The molecule has 0 spiro atoms. The number of halogens is 1. The number of rotatable bonds is 4. The Hall–Kier alpha value is -0.930. The molecule has 3 heteroatoms. The van der Waals surface area contributed by atoms with Crippen LogP contribution in [0, 0.1) is 5.82 Å². The molecular weight excluding hydrogens is 239 g/mol. The Morgan fingerprint density at radius 3 is 2.47 bits per heavy atom. The van der Waals surface area contributed by atoms with Gasteiger partial charge in [-0.05, 0) is 43.1 Å². The monoisotopic (exact) mass is 264 g/mol. The summed E-state index contributed by atoms with van der Waals surface area (Å²) in [6.45, 7) is 1.28. The van der Waals surface area contributed by atoms with Crippen molar-refractivity contribution < 1.29 is 4.39 Å². The van der Waals surface area contributed by atoms with E-state index in [0.29, 0.717) is 12.6 Å². The van der Waals surface area contributed by atoms with Crippen LogP contribution in [-0.4, -0.2) is 18.0 Å². The average molecular weight is 264 g/mol. The van der Waals surface area contributed by atoms with Gasteiger partial charge in [-0.15, -0.1) is 0 Å². The van der Waals surface area contributed by atoms with Gasteiger partial charge in [-0.2, -0.15) is 0 Å². The third kappa shape index (κ3) is 4.02. The number of nitrogens with two attached hydrogens (primary N) is 1. The van der Waals surface area contributed by atoms with Crippen molar-refractivity contribution in [3.05, 3.63) is 35.1 Å². The summed E-state index contributed by atoms with van der Waals surface area (Å²) in [5, 5.41) is 0. The standard InChI is InChI=1S/C16H25FN2/c1-19(16-6-4-2-3-5-7-16)12-13-8-9-15(17)10-14(13)11-18/h8-10,16H,2-7,11-12,18H2,1H3. The normalized spacial score (nSPS) is 17.7. The van der Waals surface area contributed by atoms with Gasteiger partial charge in [-0.3, -0.25) is 4.90 Å². The highest BCUT2D eigenvalue weighted by atomic mass is 19.1. The Labute approximate surface area is 115 Å². The molecule has 0 atom stereocenters. The summed E-state index contributed by atoms with van der Waals surface area (Å²) in [6.07, 6.45) is 7.99. The zero-order chi connectivity index (χ0) is 13.7. The van der Waals surface area contributed by atoms with Crippen LogP contribution < -0.4 is 5.73 Å². The quantitative estimate of drug-likeness (QED) is 0.844. The summed E-state index contributed by atoms with van der Waals surface area (Å²) < 4.78 is 13.2. The number of benzene rings is 1. The van der Waals surface area contributed by atoms with Crippen LogP contribution in [0.1, 0.15) is 49.7 Å². The highest BCUT2D eigenvalue weighted by Gasteiger charge is 2.17. The molecule has 1 aromatic carbocycles. The van der Waals surface area contributed by atoms with Crippen molar-refractivity contribution in [2.24, 2.45) is 5.73 Å². The van der Waals surface area contributed by atoms with E-state index in [1.165, 1.54) is 44.6 Å². The van der Waals surface area contributed by atoms with E-state index >= 15 is 0 Å². The minimum absolute atomic E-state index is 0.193. The molecule has 1 aliphatic carbocycles. The molecule has 0 heterocycles. The van der Waals surface area contributed by atoms with Crippen LogP contribution in [0.25, 0.3) is 0 Å². The maximum Gasteiger partial charge on any atom is 0.123 e. The molecule has 0 aromatic heterocycles. The van der Waals surface area contributed by atoms with E-state index in [1.54, 1.807) is 6.07 Å². The predicted molar refractivity (Wildman–Crippen MR) is 77.2 cm³/mol. The van der Waals surface area contributed by atoms with E-state index in [-0.39, 0.29) is 5.82 Å². The average Bonchev–Trinajstić information content (AvgIpc) is 2.69. The second-order valence-electron chi connectivity index (χ2n) is 5.68. The molecule has 2 rings (SSSR count). The van der Waals surface area contributed by atoms with Gasteiger partial charge in [0.25, 0.3) is 0 Å². The molecule has 1 saturated carbocycles. The summed E-state index contributed by atoms with van der Waals surface area (Å²) in [7, 11) is 2.18. The SMILES string of the molecule is CN(Cc1ccc(F)cc1CN)C1CCCCCC1. The summed E-state index contributed by atoms with van der Waals surface area (Å²) in [5.41, 5.74) is 7.81. The van der Waals surface area contributed by atoms with Crippen LogP contribution in [0.15, 0.2) is 18.2 Å². The first-order valence-electron chi connectivity index (χ1n) is 7.38. The molecule has 1 fully saturated rings. The van der Waals surface area contributed by atoms with Crippen LogP contribution in [0.5, 0.6) is 0 Å². The predicted octanol–water partition coefficient (Wildman–Crippen LogP) is 3.44. The summed E-state index contributed by atoms with van der Waals surface area (Å²) in [4.78, 5) is 2.41. The third-order valence-corrected chi connectivity index (χ3v) is 4.26. The second-order valence-corrected chi connectivity index (χ2v) is 5.68. The molecule has 19 heavy (non-hydrogen) atoms. The van der Waals surface area contributed by atoms with E-state index in [1.807, 2.05) is 6.07 Å². The van der Waals surface area contributed by atoms with Crippen LogP contribution in [0.2, 0.25) is 0 Å². The highest BCUT2D eigenvalue weighted by molar-refractivity contribution is 5.27. The Morgan fingerprint density at radius 1 is 1.16 bits per heavy atom. The molecular formula is C16H25FN2. The van der Waals surface area contributed by atoms with Gasteiger partial charge >= 0.3 is 0 Å². The summed E-state index contributed by atoms with van der Waals surface area (Å²) in [5.74, 6) is -0.193. The smallest absolute Gasteiger partial charge is 0.123 e. The Bertz CT molecular complexity index is 398. The van der Waals surface area contributed by atoms with Crippen molar-refractivity contribution in [3.63, 3.8) is 0 Å². The lowest BCUT2D eigenvalue weighted by Crippen LogP contribution is -2.31. The number of hydrogen-bond acceptors (Lipinski definition) is 2. The van der Waals surface area contributed by atoms with Crippen molar-refractivity contribution >= 4 is 0 Å². The summed E-state index contributed by atoms with van der Waals surface area (Å²) >= 11 is 0. The van der Waals surface area contributed by atoms with Crippen LogP contribution in [0.3, 0.4) is 0 Å².